The SMILES string of the molecule is Cc1cc(C)c(S(=O)(=O)/C=C/Cl)cc1N. The van der Waals surface area contributed by atoms with Crippen LogP contribution in [0.4, 0.5) is 5.69 Å². The van der Waals surface area contributed by atoms with E-state index in [2.05, 4.69) is 0 Å². The van der Waals surface area contributed by atoms with Gasteiger partial charge >= 0.3 is 0 Å². The van der Waals surface area contributed by atoms with Crippen molar-refractivity contribution in [3.05, 3.63) is 34.2 Å². The van der Waals surface area contributed by atoms with Gasteiger partial charge in [-0.15, -0.1) is 0 Å². The highest BCUT2D eigenvalue weighted by atomic mass is 35.5. The molecule has 2 N–H and O–H groups in total. The average Bonchev–Trinajstić information content (AvgIpc) is 2.11. The summed E-state index contributed by atoms with van der Waals surface area (Å²) in [6.07, 6.45) is 0. The fourth-order valence-corrected chi connectivity index (χ4v) is 2.78. The Hall–Kier alpha value is -1.00. The second kappa shape index (κ2) is 4.24. The van der Waals surface area contributed by atoms with E-state index in [-0.39, 0.29) is 4.90 Å². The maximum Gasteiger partial charge on any atom is 0.201 e. The van der Waals surface area contributed by atoms with Gasteiger partial charge in [-0.05, 0) is 31.0 Å². The number of aryl methyl sites for hydroxylation is 2. The first kappa shape index (κ1) is 12.1. The molecule has 1 rings (SSSR count). The maximum atomic E-state index is 11.7. The zero-order valence-electron chi connectivity index (χ0n) is 8.49. The van der Waals surface area contributed by atoms with Crippen molar-refractivity contribution >= 4 is 27.1 Å². The normalized spacial score (nSPS) is 12.2. The number of nitrogens with two attached hydrogens (primary N) is 1. The van der Waals surface area contributed by atoms with Crippen molar-refractivity contribution in [1.29, 1.82) is 0 Å². The first-order valence-electron chi connectivity index (χ1n) is 4.27. The Morgan fingerprint density at radius 3 is 2.40 bits per heavy atom. The van der Waals surface area contributed by atoms with Crippen LogP contribution in [0.3, 0.4) is 0 Å². The molecule has 5 heteroatoms. The molecule has 0 aliphatic rings. The lowest BCUT2D eigenvalue weighted by Crippen LogP contribution is -2.02. The molecule has 0 spiro atoms. The van der Waals surface area contributed by atoms with Crippen LogP contribution < -0.4 is 5.73 Å². The van der Waals surface area contributed by atoms with Crippen molar-refractivity contribution in [2.24, 2.45) is 0 Å². The zero-order chi connectivity index (χ0) is 11.6. The molecule has 3 nitrogen and oxygen atoms in total. The molecule has 0 fully saturated rings. The highest BCUT2D eigenvalue weighted by Gasteiger charge is 2.14. The van der Waals surface area contributed by atoms with Gasteiger partial charge in [0.05, 0.1) is 4.90 Å². The van der Waals surface area contributed by atoms with Crippen molar-refractivity contribution in [3.63, 3.8) is 0 Å². The van der Waals surface area contributed by atoms with Crippen molar-refractivity contribution in [2.45, 2.75) is 18.7 Å². The van der Waals surface area contributed by atoms with Crippen molar-refractivity contribution in [1.82, 2.24) is 0 Å². The molecule has 0 aromatic heterocycles. The second-order valence-corrected chi connectivity index (χ2v) is 5.34. The van der Waals surface area contributed by atoms with Gasteiger partial charge in [0.25, 0.3) is 0 Å². The molecule has 0 bridgehead atoms. The van der Waals surface area contributed by atoms with Crippen molar-refractivity contribution in [3.8, 4) is 0 Å². The lowest BCUT2D eigenvalue weighted by molar-refractivity contribution is 0.604. The highest BCUT2D eigenvalue weighted by Crippen LogP contribution is 2.23. The minimum atomic E-state index is -3.47. The van der Waals surface area contributed by atoms with Gasteiger partial charge in [0.1, 0.15) is 0 Å². The number of hydrogen-bond donors (Lipinski definition) is 1. The molecule has 15 heavy (non-hydrogen) atoms. The van der Waals surface area contributed by atoms with E-state index in [1.165, 1.54) is 6.07 Å². The number of anilines is 1. The van der Waals surface area contributed by atoms with E-state index in [9.17, 15) is 8.42 Å². The number of halogens is 1. The molecule has 0 unspecified atom stereocenters. The Morgan fingerprint density at radius 2 is 1.87 bits per heavy atom. The maximum absolute atomic E-state index is 11.7. The predicted molar refractivity (Wildman–Crippen MR) is 62.5 cm³/mol. The summed E-state index contributed by atoms with van der Waals surface area (Å²) < 4.78 is 23.4. The average molecular weight is 246 g/mol. The third-order valence-corrected chi connectivity index (χ3v) is 3.92. The monoisotopic (exact) mass is 245 g/mol. The van der Waals surface area contributed by atoms with Gasteiger partial charge in [0.2, 0.25) is 9.84 Å². The Morgan fingerprint density at radius 1 is 1.27 bits per heavy atom. The largest absolute Gasteiger partial charge is 0.398 e. The molecule has 0 saturated carbocycles. The standard InChI is InChI=1S/C10H12ClNO2S/c1-7-5-8(2)10(6-9(7)12)15(13,14)4-3-11/h3-6H,12H2,1-2H3/b4-3+. The predicted octanol–water partition coefficient (Wildman–Crippen LogP) is 2.37. The minimum Gasteiger partial charge on any atom is -0.398 e. The van der Waals surface area contributed by atoms with Crippen LogP contribution in [0.2, 0.25) is 0 Å². The fourth-order valence-electron chi connectivity index (χ4n) is 1.30. The lowest BCUT2D eigenvalue weighted by atomic mass is 10.1. The van der Waals surface area contributed by atoms with E-state index in [4.69, 9.17) is 17.3 Å². The molecule has 1 aromatic carbocycles. The summed E-state index contributed by atoms with van der Waals surface area (Å²) >= 11 is 5.27. The van der Waals surface area contributed by atoms with E-state index in [0.717, 1.165) is 16.5 Å². The molecule has 0 radical (unpaired) electrons. The topological polar surface area (TPSA) is 60.2 Å². The molecule has 0 amide bonds. The molecule has 0 aliphatic carbocycles. The van der Waals surface area contributed by atoms with E-state index < -0.39 is 9.84 Å². The highest BCUT2D eigenvalue weighted by molar-refractivity contribution is 7.94. The fraction of sp³-hybridized carbons (Fsp3) is 0.200. The Kier molecular flexibility index (Phi) is 3.42. The van der Waals surface area contributed by atoms with Crippen LogP contribution in [-0.4, -0.2) is 8.42 Å². The Bertz CT molecular complexity index is 506. The van der Waals surface area contributed by atoms with Crippen molar-refractivity contribution < 1.29 is 8.42 Å². The van der Waals surface area contributed by atoms with Crippen LogP contribution in [0.5, 0.6) is 0 Å². The number of sulfone groups is 1. The summed E-state index contributed by atoms with van der Waals surface area (Å²) in [4.78, 5) is 0.197. The molecular weight excluding hydrogens is 234 g/mol. The summed E-state index contributed by atoms with van der Waals surface area (Å²) in [7, 11) is -3.47. The summed E-state index contributed by atoms with van der Waals surface area (Å²) in [5.74, 6) is 0. The van der Waals surface area contributed by atoms with Crippen LogP contribution in [0, 0.1) is 13.8 Å². The molecule has 0 atom stereocenters. The van der Waals surface area contributed by atoms with Crippen LogP contribution in [0.25, 0.3) is 0 Å². The van der Waals surface area contributed by atoms with E-state index in [1.807, 2.05) is 6.92 Å². The molecule has 82 valence electrons. The van der Waals surface area contributed by atoms with Gasteiger partial charge in [-0.25, -0.2) is 8.42 Å². The van der Waals surface area contributed by atoms with E-state index in [0.29, 0.717) is 11.3 Å². The second-order valence-electron chi connectivity index (χ2n) is 3.28. The number of benzene rings is 1. The quantitative estimate of drug-likeness (QED) is 0.814. The van der Waals surface area contributed by atoms with Gasteiger partial charge in [0.15, 0.2) is 0 Å². The molecule has 0 heterocycles. The first-order chi connectivity index (χ1) is 6.88. The van der Waals surface area contributed by atoms with Gasteiger partial charge in [-0.2, -0.15) is 0 Å². The van der Waals surface area contributed by atoms with Crippen LogP contribution in [-0.2, 0) is 9.84 Å². The number of rotatable bonds is 2. The summed E-state index contributed by atoms with van der Waals surface area (Å²) in [6, 6.07) is 3.20. The zero-order valence-corrected chi connectivity index (χ0v) is 10.1. The van der Waals surface area contributed by atoms with Crippen LogP contribution in [0.15, 0.2) is 28.0 Å². The smallest absolute Gasteiger partial charge is 0.201 e. The summed E-state index contributed by atoms with van der Waals surface area (Å²) in [6.45, 7) is 3.55. The molecular formula is C10H12ClNO2S. The number of hydrogen-bond acceptors (Lipinski definition) is 3. The summed E-state index contributed by atoms with van der Waals surface area (Å²) in [5.41, 5.74) is 8.62. The Balaban J connectivity index is 3.46. The Labute approximate surface area is 94.5 Å². The first-order valence-corrected chi connectivity index (χ1v) is 6.25. The van der Waals surface area contributed by atoms with Gasteiger partial charge in [0, 0.05) is 16.6 Å². The molecule has 0 saturated heterocycles. The number of nitrogen functional groups attached to an aromatic ring is 1. The van der Waals surface area contributed by atoms with Gasteiger partial charge in [-0.1, -0.05) is 17.7 Å². The van der Waals surface area contributed by atoms with Gasteiger partial charge in [-0.3, -0.25) is 0 Å². The third-order valence-electron chi connectivity index (χ3n) is 2.10. The van der Waals surface area contributed by atoms with E-state index in [1.54, 1.807) is 13.0 Å². The lowest BCUT2D eigenvalue weighted by Gasteiger charge is -2.07. The minimum absolute atomic E-state index is 0.197. The molecule has 1 aromatic rings. The van der Waals surface area contributed by atoms with E-state index >= 15 is 0 Å². The molecule has 0 aliphatic heterocycles. The van der Waals surface area contributed by atoms with Crippen molar-refractivity contribution in [2.75, 3.05) is 5.73 Å². The van der Waals surface area contributed by atoms with Gasteiger partial charge < -0.3 is 5.73 Å². The summed E-state index contributed by atoms with van der Waals surface area (Å²) in [5, 5.41) is 0.950. The third kappa shape index (κ3) is 2.52. The van der Waals surface area contributed by atoms with Crippen LogP contribution in [0.1, 0.15) is 11.1 Å². The van der Waals surface area contributed by atoms with Crippen LogP contribution >= 0.6 is 11.6 Å².